The van der Waals surface area contributed by atoms with Crippen LogP contribution in [0.5, 0.6) is 0 Å². The Morgan fingerprint density at radius 1 is 1.50 bits per heavy atom. The lowest BCUT2D eigenvalue weighted by atomic mass is 10.1. The fourth-order valence-corrected chi connectivity index (χ4v) is 1.42. The number of nitrogens with zero attached hydrogens (tertiary/aromatic N) is 1. The maximum absolute atomic E-state index is 13.1. The summed E-state index contributed by atoms with van der Waals surface area (Å²) in [6, 6.07) is 6.45. The zero-order valence-electron chi connectivity index (χ0n) is 9.46. The van der Waals surface area contributed by atoms with Crippen LogP contribution in [0.3, 0.4) is 0 Å². The van der Waals surface area contributed by atoms with Gasteiger partial charge < -0.3 is 10.1 Å². The van der Waals surface area contributed by atoms with Crippen LogP contribution in [-0.4, -0.2) is 19.8 Å². The molecular formula is C12H15FN2O. The van der Waals surface area contributed by atoms with Crippen LogP contribution in [0.15, 0.2) is 18.2 Å². The summed E-state index contributed by atoms with van der Waals surface area (Å²) in [5.41, 5.74) is 1.11. The monoisotopic (exact) mass is 222 g/mol. The molecule has 0 fully saturated rings. The van der Waals surface area contributed by atoms with Gasteiger partial charge in [-0.15, -0.1) is 0 Å². The van der Waals surface area contributed by atoms with Gasteiger partial charge in [0.25, 0.3) is 0 Å². The van der Waals surface area contributed by atoms with Crippen molar-refractivity contribution in [1.29, 1.82) is 5.26 Å². The molecule has 16 heavy (non-hydrogen) atoms. The van der Waals surface area contributed by atoms with E-state index in [0.717, 1.165) is 5.56 Å². The Hall–Kier alpha value is -1.44. The van der Waals surface area contributed by atoms with E-state index in [1.165, 1.54) is 12.1 Å². The number of methoxy groups -OCH3 is 1. The highest BCUT2D eigenvalue weighted by molar-refractivity contribution is 5.33. The van der Waals surface area contributed by atoms with Crippen molar-refractivity contribution >= 4 is 0 Å². The molecule has 1 N–H and O–H groups in total. The lowest BCUT2D eigenvalue weighted by molar-refractivity contribution is 0.171. The molecule has 0 bridgehead atoms. The Morgan fingerprint density at radius 2 is 2.25 bits per heavy atom. The lowest BCUT2D eigenvalue weighted by Gasteiger charge is -2.12. The number of rotatable bonds is 5. The van der Waals surface area contributed by atoms with Gasteiger partial charge in [-0.1, -0.05) is 0 Å². The minimum atomic E-state index is -0.379. The van der Waals surface area contributed by atoms with Crippen molar-refractivity contribution in [3.05, 3.63) is 35.1 Å². The van der Waals surface area contributed by atoms with E-state index in [4.69, 9.17) is 10.00 Å². The molecule has 0 spiro atoms. The van der Waals surface area contributed by atoms with Crippen LogP contribution in [0.1, 0.15) is 18.1 Å². The van der Waals surface area contributed by atoms with Gasteiger partial charge in [-0.2, -0.15) is 5.26 Å². The van der Waals surface area contributed by atoms with Gasteiger partial charge in [0.1, 0.15) is 5.82 Å². The summed E-state index contributed by atoms with van der Waals surface area (Å²) < 4.78 is 18.1. The molecule has 0 aliphatic heterocycles. The smallest absolute Gasteiger partial charge is 0.124 e. The number of hydrogen-bond acceptors (Lipinski definition) is 3. The lowest BCUT2D eigenvalue weighted by Crippen LogP contribution is -2.29. The third-order valence-corrected chi connectivity index (χ3v) is 2.16. The SMILES string of the molecule is COCC(C)NCc1cc(F)cc(C#N)c1. The standard InChI is InChI=1S/C12H15FN2O/c1-9(8-16-2)15-7-11-3-10(6-14)4-12(13)5-11/h3-5,9,15H,7-8H2,1-2H3. The summed E-state index contributed by atoms with van der Waals surface area (Å²) in [6.07, 6.45) is 0. The molecule has 0 aliphatic rings. The molecule has 3 nitrogen and oxygen atoms in total. The van der Waals surface area contributed by atoms with Crippen molar-refractivity contribution in [2.24, 2.45) is 0 Å². The van der Waals surface area contributed by atoms with Gasteiger partial charge in [-0.05, 0) is 30.7 Å². The molecule has 4 heteroatoms. The van der Waals surface area contributed by atoms with Gasteiger partial charge in [-0.25, -0.2) is 4.39 Å². The van der Waals surface area contributed by atoms with E-state index in [1.54, 1.807) is 13.2 Å². The third-order valence-electron chi connectivity index (χ3n) is 2.16. The number of ether oxygens (including phenoxy) is 1. The van der Waals surface area contributed by atoms with Crippen LogP contribution in [0, 0.1) is 17.1 Å². The third kappa shape index (κ3) is 3.97. The van der Waals surface area contributed by atoms with E-state index in [0.29, 0.717) is 18.7 Å². The molecule has 1 aromatic carbocycles. The Balaban J connectivity index is 2.60. The first-order valence-electron chi connectivity index (χ1n) is 5.07. The quantitative estimate of drug-likeness (QED) is 0.826. The van der Waals surface area contributed by atoms with Gasteiger partial charge in [0, 0.05) is 19.7 Å². The molecule has 1 aromatic rings. The average molecular weight is 222 g/mol. The predicted molar refractivity (Wildman–Crippen MR) is 59.3 cm³/mol. The van der Waals surface area contributed by atoms with E-state index < -0.39 is 0 Å². The number of nitriles is 1. The fraction of sp³-hybridized carbons (Fsp3) is 0.417. The first-order chi connectivity index (χ1) is 7.65. The minimum absolute atomic E-state index is 0.193. The van der Waals surface area contributed by atoms with Crippen LogP contribution in [-0.2, 0) is 11.3 Å². The van der Waals surface area contributed by atoms with E-state index in [9.17, 15) is 4.39 Å². The van der Waals surface area contributed by atoms with Crippen LogP contribution in [0.4, 0.5) is 4.39 Å². The van der Waals surface area contributed by atoms with Gasteiger partial charge in [-0.3, -0.25) is 0 Å². The number of halogens is 1. The van der Waals surface area contributed by atoms with Crippen molar-refractivity contribution < 1.29 is 9.13 Å². The van der Waals surface area contributed by atoms with Gasteiger partial charge in [0.05, 0.1) is 18.2 Å². The van der Waals surface area contributed by atoms with Gasteiger partial charge in [0.15, 0.2) is 0 Å². The molecule has 0 heterocycles. The molecule has 0 amide bonds. The summed E-state index contributed by atoms with van der Waals surface area (Å²) in [4.78, 5) is 0. The second-order valence-corrected chi connectivity index (χ2v) is 3.70. The van der Waals surface area contributed by atoms with Gasteiger partial charge >= 0.3 is 0 Å². The topological polar surface area (TPSA) is 45.0 Å². The summed E-state index contributed by atoms with van der Waals surface area (Å²) in [5.74, 6) is -0.379. The summed E-state index contributed by atoms with van der Waals surface area (Å²) in [6.45, 7) is 3.10. The number of hydrogen-bond donors (Lipinski definition) is 1. The molecule has 0 radical (unpaired) electrons. The normalized spacial score (nSPS) is 12.1. The molecule has 1 unspecified atom stereocenters. The van der Waals surface area contributed by atoms with Crippen LogP contribution >= 0.6 is 0 Å². The zero-order chi connectivity index (χ0) is 12.0. The predicted octanol–water partition coefficient (Wildman–Crippen LogP) is 1.82. The van der Waals surface area contributed by atoms with Gasteiger partial charge in [0.2, 0.25) is 0 Å². The van der Waals surface area contributed by atoms with Crippen molar-refractivity contribution in [3.8, 4) is 6.07 Å². The molecule has 0 aromatic heterocycles. The molecular weight excluding hydrogens is 207 g/mol. The summed E-state index contributed by atoms with van der Waals surface area (Å²) >= 11 is 0. The Labute approximate surface area is 94.8 Å². The van der Waals surface area contributed by atoms with Crippen molar-refractivity contribution in [2.75, 3.05) is 13.7 Å². The fourth-order valence-electron chi connectivity index (χ4n) is 1.42. The maximum atomic E-state index is 13.1. The minimum Gasteiger partial charge on any atom is -0.383 e. The second-order valence-electron chi connectivity index (χ2n) is 3.70. The number of nitrogens with one attached hydrogen (secondary N) is 1. The molecule has 0 saturated carbocycles. The van der Waals surface area contributed by atoms with Crippen LogP contribution in [0.25, 0.3) is 0 Å². The van der Waals surface area contributed by atoms with Crippen molar-refractivity contribution in [1.82, 2.24) is 5.32 Å². The molecule has 86 valence electrons. The average Bonchev–Trinajstić information content (AvgIpc) is 2.26. The van der Waals surface area contributed by atoms with E-state index in [1.807, 2.05) is 13.0 Å². The first kappa shape index (κ1) is 12.6. The van der Waals surface area contributed by atoms with Crippen LogP contribution < -0.4 is 5.32 Å². The Morgan fingerprint density at radius 3 is 2.88 bits per heavy atom. The van der Waals surface area contributed by atoms with Crippen molar-refractivity contribution in [3.63, 3.8) is 0 Å². The highest BCUT2D eigenvalue weighted by Crippen LogP contribution is 2.08. The van der Waals surface area contributed by atoms with Crippen molar-refractivity contribution in [2.45, 2.75) is 19.5 Å². The zero-order valence-corrected chi connectivity index (χ0v) is 9.46. The largest absolute Gasteiger partial charge is 0.383 e. The number of benzene rings is 1. The van der Waals surface area contributed by atoms with E-state index >= 15 is 0 Å². The summed E-state index contributed by atoms with van der Waals surface area (Å²) in [7, 11) is 1.63. The van der Waals surface area contributed by atoms with Crippen LogP contribution in [0.2, 0.25) is 0 Å². The second kappa shape index (κ2) is 6.21. The molecule has 1 atom stereocenters. The Kier molecular flexibility index (Phi) is 4.90. The summed E-state index contributed by atoms with van der Waals surface area (Å²) in [5, 5.41) is 11.9. The first-order valence-corrected chi connectivity index (χ1v) is 5.07. The maximum Gasteiger partial charge on any atom is 0.124 e. The van der Waals surface area contributed by atoms with E-state index in [2.05, 4.69) is 5.32 Å². The molecule has 0 saturated heterocycles. The highest BCUT2D eigenvalue weighted by atomic mass is 19.1. The molecule has 1 rings (SSSR count). The Bertz CT molecular complexity index is 387. The van der Waals surface area contributed by atoms with E-state index in [-0.39, 0.29) is 11.9 Å². The molecule has 0 aliphatic carbocycles. The highest BCUT2D eigenvalue weighted by Gasteiger charge is 2.03.